The van der Waals surface area contributed by atoms with Gasteiger partial charge >= 0.3 is 13.1 Å². The largest absolute Gasteiger partial charge is 0.493 e. The maximum absolute atomic E-state index is 13.5. The molecule has 4 aliphatic rings. The monoisotopic (exact) mass is 573 g/mol. The Bertz CT molecular complexity index is 1210. The summed E-state index contributed by atoms with van der Waals surface area (Å²) in [6.45, 7) is 12.1. The van der Waals surface area contributed by atoms with Crippen LogP contribution in [-0.2, 0) is 19.0 Å². The highest BCUT2D eigenvalue weighted by Gasteiger charge is 2.68. The minimum Gasteiger partial charge on any atom is -0.480 e. The van der Waals surface area contributed by atoms with Crippen molar-refractivity contribution in [3.8, 4) is 5.75 Å². The van der Waals surface area contributed by atoms with Crippen molar-refractivity contribution >= 4 is 35.9 Å². The van der Waals surface area contributed by atoms with Crippen LogP contribution in [0.2, 0.25) is 5.02 Å². The number of aliphatic hydroxyl groups is 1. The summed E-state index contributed by atoms with van der Waals surface area (Å²) < 4.78 is 17.5. The van der Waals surface area contributed by atoms with Crippen molar-refractivity contribution in [1.82, 2.24) is 0 Å². The predicted octanol–water partition coefficient (Wildman–Crippen LogP) is 3.34. The number of ether oxygens (including phenoxy) is 2. The Morgan fingerprint density at radius 3 is 2.73 bits per heavy atom. The van der Waals surface area contributed by atoms with Crippen LogP contribution in [0.25, 0.3) is 0 Å². The van der Waals surface area contributed by atoms with E-state index >= 15 is 0 Å². The summed E-state index contributed by atoms with van der Waals surface area (Å²) in [5, 5.41) is 22.1. The molecule has 4 N–H and O–H groups in total. The topological polar surface area (TPSA) is 128 Å². The van der Waals surface area contributed by atoms with Gasteiger partial charge in [-0.25, -0.2) is 4.79 Å². The number of carbonyl (C=O) groups excluding carboxylic acids is 2. The molecule has 0 amide bonds. The molecule has 218 valence electrons. The molecule has 3 fully saturated rings. The highest BCUT2D eigenvalue weighted by Crippen LogP contribution is 2.68. The Morgan fingerprint density at radius 1 is 1.32 bits per heavy atom. The number of benzene rings is 1. The molecule has 0 saturated heterocycles. The van der Waals surface area contributed by atoms with E-state index in [-0.39, 0.29) is 46.3 Å². The maximum atomic E-state index is 13.5. The molecule has 5 rings (SSSR count). The molecule has 10 heteroatoms. The lowest BCUT2D eigenvalue weighted by Crippen LogP contribution is -2.63. The first-order valence-corrected chi connectivity index (χ1v) is 14.7. The second-order valence-corrected chi connectivity index (χ2v) is 13.3. The molecule has 0 spiro atoms. The van der Waals surface area contributed by atoms with Gasteiger partial charge in [-0.3, -0.25) is 4.79 Å². The van der Waals surface area contributed by atoms with Crippen LogP contribution in [0, 0.1) is 34.0 Å². The molecule has 1 heterocycles. The first-order chi connectivity index (χ1) is 18.8. The molecule has 3 aliphatic carbocycles. The number of aliphatic hydroxyl groups excluding tert-OH is 1. The standard InChI is InChI=1S/C30H41BClNO7/c1-6-28(4)13-22(29(5)16(2)9-11-30(17(3)27(28)36)12-10-19(34)26(29)30)39-23(35)15-38-20-8-7-18-21(14-33)40-31(37)24(18)25(20)32/h6-8,16-17,21-22,26-27,36-37H,1,9-15,33H2,2-5H3/t16-,17+,21?,22-,26+,27+,28-,29+,30+/m1/s1. The highest BCUT2D eigenvalue weighted by molar-refractivity contribution is 6.65. The summed E-state index contributed by atoms with van der Waals surface area (Å²) in [6, 6.07) is 3.34. The number of rotatable bonds is 6. The minimum atomic E-state index is -1.23. The van der Waals surface area contributed by atoms with Gasteiger partial charge in [-0.05, 0) is 54.6 Å². The summed E-state index contributed by atoms with van der Waals surface area (Å²) in [7, 11) is -1.23. The highest BCUT2D eigenvalue weighted by atomic mass is 35.5. The van der Waals surface area contributed by atoms with Gasteiger partial charge in [0.25, 0.3) is 0 Å². The normalized spacial score (nSPS) is 40.6. The fraction of sp³-hybridized carbons (Fsp3) is 0.667. The number of esters is 1. The van der Waals surface area contributed by atoms with Crippen molar-refractivity contribution in [2.45, 2.75) is 78.1 Å². The molecule has 1 aromatic rings. The zero-order valence-electron chi connectivity index (χ0n) is 23.8. The number of ketones is 1. The quantitative estimate of drug-likeness (QED) is 0.269. The average molecular weight is 574 g/mol. The Morgan fingerprint density at radius 2 is 2.05 bits per heavy atom. The van der Waals surface area contributed by atoms with Crippen molar-refractivity contribution in [2.24, 2.45) is 39.7 Å². The van der Waals surface area contributed by atoms with Crippen LogP contribution in [0.4, 0.5) is 0 Å². The number of hydrogen-bond acceptors (Lipinski definition) is 8. The third-order valence-electron chi connectivity index (χ3n) is 11.2. The van der Waals surface area contributed by atoms with Crippen LogP contribution in [-0.4, -0.2) is 54.4 Å². The third-order valence-corrected chi connectivity index (χ3v) is 11.6. The molecule has 8 nitrogen and oxygen atoms in total. The average Bonchev–Trinajstić information content (AvgIpc) is 3.46. The number of Topliss-reactive ketones (excluding diaryl/α,β-unsaturated/α-hetero) is 1. The van der Waals surface area contributed by atoms with Gasteiger partial charge in [0.2, 0.25) is 0 Å². The fourth-order valence-electron chi connectivity index (χ4n) is 8.54. The van der Waals surface area contributed by atoms with E-state index in [1.54, 1.807) is 18.2 Å². The van der Waals surface area contributed by atoms with Crippen LogP contribution >= 0.6 is 11.6 Å². The van der Waals surface area contributed by atoms with Crippen LogP contribution in [0.5, 0.6) is 5.75 Å². The number of carbonyl (C=O) groups is 2. The third kappa shape index (κ3) is 4.27. The molecule has 0 aromatic heterocycles. The fourth-order valence-corrected chi connectivity index (χ4v) is 8.86. The van der Waals surface area contributed by atoms with Gasteiger partial charge in [-0.1, -0.05) is 51.4 Å². The van der Waals surface area contributed by atoms with Crippen LogP contribution in [0.1, 0.15) is 71.5 Å². The lowest BCUT2D eigenvalue weighted by Gasteiger charge is -2.61. The zero-order valence-corrected chi connectivity index (χ0v) is 24.6. The zero-order chi connectivity index (χ0) is 29.2. The number of halogens is 1. The summed E-state index contributed by atoms with van der Waals surface area (Å²) in [5.41, 5.74) is 5.14. The minimum absolute atomic E-state index is 0.0982. The van der Waals surface area contributed by atoms with Crippen molar-refractivity contribution < 1.29 is 33.8 Å². The molecular formula is C30H41BClNO7. The van der Waals surface area contributed by atoms with Gasteiger partial charge in [0.1, 0.15) is 17.6 Å². The molecule has 1 aromatic carbocycles. The molecule has 0 radical (unpaired) electrons. The Kier molecular flexibility index (Phi) is 7.71. The van der Waals surface area contributed by atoms with E-state index in [2.05, 4.69) is 27.4 Å². The Hall–Kier alpha value is -1.91. The molecule has 9 atom stereocenters. The van der Waals surface area contributed by atoms with Crippen molar-refractivity contribution in [3.63, 3.8) is 0 Å². The summed E-state index contributed by atoms with van der Waals surface area (Å²) in [4.78, 5) is 26.9. The van der Waals surface area contributed by atoms with E-state index < -0.39 is 48.8 Å². The molecule has 40 heavy (non-hydrogen) atoms. The van der Waals surface area contributed by atoms with Crippen LogP contribution in [0.3, 0.4) is 0 Å². The van der Waals surface area contributed by atoms with E-state index in [1.165, 1.54) is 0 Å². The Labute approximate surface area is 241 Å². The van der Waals surface area contributed by atoms with Gasteiger partial charge in [0.15, 0.2) is 6.61 Å². The molecule has 3 saturated carbocycles. The Balaban J connectivity index is 1.43. The van der Waals surface area contributed by atoms with E-state index in [1.807, 2.05) is 6.92 Å². The van der Waals surface area contributed by atoms with Crippen molar-refractivity contribution in [1.29, 1.82) is 0 Å². The molecule has 1 unspecified atom stereocenters. The second-order valence-electron chi connectivity index (χ2n) is 12.9. The summed E-state index contributed by atoms with van der Waals surface area (Å²) in [6.07, 6.45) is 3.27. The molecule has 2 bridgehead atoms. The number of fused-ring (bicyclic) bond motifs is 1. The second kappa shape index (κ2) is 10.4. The molecule has 1 aliphatic heterocycles. The van der Waals surface area contributed by atoms with Crippen LogP contribution < -0.4 is 15.9 Å². The smallest absolute Gasteiger partial charge is 0.480 e. The molecular weight excluding hydrogens is 533 g/mol. The van der Waals surface area contributed by atoms with Crippen LogP contribution in [0.15, 0.2) is 24.8 Å². The SMILES string of the molecule is C=C[C@]1(C)C[C@@H](OC(=O)COc2ccc3c(c2Cl)B(O)OC3CN)[C@]2(C)[C@H](C)CC[C@]3(CCC(=O)[C@H]32)[C@@H](C)[C@@H]1O. The van der Waals surface area contributed by atoms with Crippen molar-refractivity contribution in [3.05, 3.63) is 35.4 Å². The summed E-state index contributed by atoms with van der Waals surface area (Å²) in [5.74, 6) is -0.441. The van der Waals surface area contributed by atoms with Gasteiger partial charge in [0.05, 0.1) is 17.2 Å². The lowest BCUT2D eigenvalue weighted by molar-refractivity contribution is -0.207. The van der Waals surface area contributed by atoms with E-state index in [0.717, 1.165) is 19.3 Å². The van der Waals surface area contributed by atoms with Gasteiger partial charge in [-0.15, -0.1) is 6.58 Å². The van der Waals surface area contributed by atoms with E-state index in [9.17, 15) is 19.7 Å². The van der Waals surface area contributed by atoms with Crippen molar-refractivity contribution in [2.75, 3.05) is 13.2 Å². The first-order valence-electron chi connectivity index (χ1n) is 14.4. The van der Waals surface area contributed by atoms with E-state index in [4.69, 9.17) is 31.5 Å². The predicted molar refractivity (Wildman–Crippen MR) is 152 cm³/mol. The van der Waals surface area contributed by atoms with Gasteiger partial charge in [0, 0.05) is 35.2 Å². The first kappa shape index (κ1) is 29.6. The number of hydrogen-bond donors (Lipinski definition) is 3. The van der Waals surface area contributed by atoms with E-state index in [0.29, 0.717) is 23.9 Å². The maximum Gasteiger partial charge on any atom is 0.493 e. The summed E-state index contributed by atoms with van der Waals surface area (Å²) >= 11 is 6.52. The van der Waals surface area contributed by atoms with Gasteiger partial charge < -0.3 is 30.0 Å². The van der Waals surface area contributed by atoms with Gasteiger partial charge in [-0.2, -0.15) is 0 Å². The number of nitrogens with two attached hydrogens (primary N) is 1. The lowest BCUT2D eigenvalue weighted by atomic mass is 9.44.